The Labute approximate surface area is 265 Å². The number of hydrogen-bond donors (Lipinski definition) is 2. The number of rotatable bonds is 12. The minimum absolute atomic E-state index is 0. The summed E-state index contributed by atoms with van der Waals surface area (Å²) >= 11 is 0. The van der Waals surface area contributed by atoms with Crippen molar-refractivity contribution >= 4 is 11.7 Å². The predicted molar refractivity (Wildman–Crippen MR) is 143 cm³/mol. The minimum Gasteiger partial charge on any atom is -1.00 e. The van der Waals surface area contributed by atoms with Gasteiger partial charge in [-0.3, -0.25) is 4.90 Å². The molecule has 0 saturated carbocycles. The van der Waals surface area contributed by atoms with E-state index < -0.39 is 12.1 Å². The van der Waals surface area contributed by atoms with Crippen molar-refractivity contribution in [3.05, 3.63) is 66.5 Å². The Balaban J connectivity index is 0.00000294. The first-order valence-corrected chi connectivity index (χ1v) is 13.0. The lowest BCUT2D eigenvalue weighted by Gasteiger charge is -2.31. The van der Waals surface area contributed by atoms with Gasteiger partial charge in [-0.15, -0.1) is 0 Å². The first-order chi connectivity index (χ1) is 19.1. The number of methoxy groups -OCH3 is 4. The van der Waals surface area contributed by atoms with Crippen molar-refractivity contribution in [1.82, 2.24) is 0 Å². The Kier molecular flexibility index (Phi) is 16.2. The number of H-pyrrole nitrogens is 1. The SMILES string of the molecule is COc1ccccc1[NH+]1CC[NH+](CC(COc2cc(OC)c(OC)c(OC)c2)OC(=O)c2ccc[nH+]c2)CC1.[Cl-].[Cl-].[Cl-]. The molecule has 3 aromatic rings. The second kappa shape index (κ2) is 18.4. The summed E-state index contributed by atoms with van der Waals surface area (Å²) in [7, 11) is 6.36. The second-order valence-corrected chi connectivity index (χ2v) is 9.25. The van der Waals surface area contributed by atoms with E-state index in [1.54, 1.807) is 65.1 Å². The van der Waals surface area contributed by atoms with Crippen molar-refractivity contribution < 1.29 is 85.2 Å². The molecule has 2 heterocycles. The normalized spacial score (nSPS) is 16.3. The van der Waals surface area contributed by atoms with Gasteiger partial charge in [-0.05, 0) is 12.1 Å². The van der Waals surface area contributed by atoms with Gasteiger partial charge >= 0.3 is 5.97 Å². The number of carbonyl (C=O) groups is 1. The van der Waals surface area contributed by atoms with E-state index in [0.29, 0.717) is 35.1 Å². The van der Waals surface area contributed by atoms with Gasteiger partial charge in [0.25, 0.3) is 0 Å². The van der Waals surface area contributed by atoms with Crippen LogP contribution in [0.5, 0.6) is 28.7 Å². The third-order valence-electron chi connectivity index (χ3n) is 6.86. The lowest BCUT2D eigenvalue weighted by molar-refractivity contribution is -0.987. The molecule has 0 bridgehead atoms. The topological polar surface area (TPSA) is 95.5 Å². The Morgan fingerprint density at radius 2 is 1.48 bits per heavy atom. The molecular weight excluding hydrogens is 609 g/mol. The van der Waals surface area contributed by atoms with E-state index in [1.165, 1.54) is 15.5 Å². The molecule has 10 nitrogen and oxygen atoms in total. The van der Waals surface area contributed by atoms with Crippen molar-refractivity contribution in [2.24, 2.45) is 0 Å². The van der Waals surface area contributed by atoms with Gasteiger partial charge in [0.2, 0.25) is 5.75 Å². The maximum Gasteiger partial charge on any atom is 0.344 e. The monoisotopic (exact) mass is 645 g/mol. The number of pyridine rings is 1. The molecule has 3 N–H and O–H groups in total. The number of piperazine rings is 1. The van der Waals surface area contributed by atoms with E-state index in [1.807, 2.05) is 18.2 Å². The number of aromatic amines is 1. The van der Waals surface area contributed by atoms with E-state index in [9.17, 15) is 4.79 Å². The van der Waals surface area contributed by atoms with E-state index in [-0.39, 0.29) is 43.8 Å². The zero-order valence-electron chi connectivity index (χ0n) is 24.1. The van der Waals surface area contributed by atoms with Crippen LogP contribution in [0.25, 0.3) is 0 Å². The summed E-state index contributed by atoms with van der Waals surface area (Å²) in [5.41, 5.74) is 1.63. The smallest absolute Gasteiger partial charge is 0.344 e. The first-order valence-electron chi connectivity index (χ1n) is 13.0. The third-order valence-corrected chi connectivity index (χ3v) is 6.86. The largest absolute Gasteiger partial charge is 1.00 e. The van der Waals surface area contributed by atoms with Crippen molar-refractivity contribution in [1.29, 1.82) is 0 Å². The fraction of sp³-hybridized carbons (Fsp3) is 0.379. The number of quaternary nitrogens is 2. The molecule has 1 fully saturated rings. The molecule has 0 amide bonds. The quantitative estimate of drug-likeness (QED) is 0.189. The molecule has 2 aromatic carbocycles. The summed E-state index contributed by atoms with van der Waals surface area (Å²) in [4.78, 5) is 18.6. The molecule has 0 radical (unpaired) electrons. The van der Waals surface area contributed by atoms with Crippen molar-refractivity contribution in [3.8, 4) is 28.7 Å². The molecular formula is C29H38Cl3N3O7. The number of nitrogens with one attached hydrogen (secondary N) is 3. The van der Waals surface area contributed by atoms with Crippen molar-refractivity contribution in [2.45, 2.75) is 6.10 Å². The highest BCUT2D eigenvalue weighted by Gasteiger charge is 2.30. The average Bonchev–Trinajstić information content (AvgIpc) is 2.99. The molecule has 1 aliphatic heterocycles. The maximum atomic E-state index is 12.9. The third kappa shape index (κ3) is 9.43. The number of benzene rings is 2. The van der Waals surface area contributed by atoms with E-state index in [4.69, 9.17) is 28.4 Å². The summed E-state index contributed by atoms with van der Waals surface area (Å²) in [5.74, 6) is 2.49. The first kappa shape index (κ1) is 36.9. The fourth-order valence-corrected chi connectivity index (χ4v) is 4.84. The van der Waals surface area contributed by atoms with Gasteiger partial charge in [0.05, 0.1) is 28.4 Å². The van der Waals surface area contributed by atoms with Crippen LogP contribution in [0.15, 0.2) is 60.9 Å². The number of ether oxygens (including phenoxy) is 6. The summed E-state index contributed by atoms with van der Waals surface area (Å²) in [6, 6.07) is 15.1. The number of esters is 1. The van der Waals surface area contributed by atoms with E-state index in [2.05, 4.69) is 11.1 Å². The Bertz CT molecular complexity index is 1210. The molecule has 232 valence electrons. The number of hydrogen-bond acceptors (Lipinski definition) is 7. The summed E-state index contributed by atoms with van der Waals surface area (Å²) in [6.45, 7) is 4.52. The Hall–Kier alpha value is -3.15. The van der Waals surface area contributed by atoms with Gasteiger partial charge in [0, 0.05) is 24.3 Å². The van der Waals surface area contributed by atoms with Crippen LogP contribution in [-0.2, 0) is 4.74 Å². The molecule has 1 atom stereocenters. The maximum absolute atomic E-state index is 12.9. The zero-order valence-corrected chi connectivity index (χ0v) is 26.4. The molecule has 1 unspecified atom stereocenters. The molecule has 0 aliphatic carbocycles. The summed E-state index contributed by atoms with van der Waals surface area (Å²) in [6.07, 6.45) is 2.90. The second-order valence-electron chi connectivity index (χ2n) is 9.25. The van der Waals surface area contributed by atoms with Gasteiger partial charge in [-0.25, -0.2) is 9.78 Å². The van der Waals surface area contributed by atoms with E-state index >= 15 is 0 Å². The van der Waals surface area contributed by atoms with Crippen LogP contribution in [0.2, 0.25) is 0 Å². The molecule has 42 heavy (non-hydrogen) atoms. The molecule has 13 heteroatoms. The summed E-state index contributed by atoms with van der Waals surface area (Å²) in [5, 5.41) is 0. The molecule has 1 aliphatic rings. The van der Waals surface area contributed by atoms with Crippen LogP contribution in [0.3, 0.4) is 0 Å². The fourth-order valence-electron chi connectivity index (χ4n) is 4.84. The van der Waals surface area contributed by atoms with Gasteiger partial charge in [-0.2, -0.15) is 0 Å². The van der Waals surface area contributed by atoms with Crippen LogP contribution in [0.1, 0.15) is 10.4 Å². The predicted octanol–water partition coefficient (Wildman–Crippen LogP) is -8.73. The Morgan fingerprint density at radius 1 is 0.833 bits per heavy atom. The van der Waals surface area contributed by atoms with Crippen LogP contribution in [0, 0.1) is 0 Å². The van der Waals surface area contributed by atoms with Crippen LogP contribution < -0.4 is 75.7 Å². The Morgan fingerprint density at radius 3 is 2.05 bits per heavy atom. The van der Waals surface area contributed by atoms with Crippen molar-refractivity contribution in [2.75, 3.05) is 67.8 Å². The summed E-state index contributed by atoms with van der Waals surface area (Å²) < 4.78 is 33.9. The highest BCUT2D eigenvalue weighted by atomic mass is 35.5. The number of carbonyl (C=O) groups excluding carboxylic acids is 1. The zero-order chi connectivity index (χ0) is 27.6. The van der Waals surface area contributed by atoms with Crippen LogP contribution in [0.4, 0.5) is 5.69 Å². The highest BCUT2D eigenvalue weighted by molar-refractivity contribution is 5.88. The van der Waals surface area contributed by atoms with Gasteiger partial charge < -0.3 is 70.5 Å². The van der Waals surface area contributed by atoms with Gasteiger partial charge in [0.15, 0.2) is 41.4 Å². The lowest BCUT2D eigenvalue weighted by Crippen LogP contribution is -3.26. The molecule has 4 rings (SSSR count). The molecule has 1 saturated heterocycles. The molecule has 0 spiro atoms. The number of aromatic nitrogens is 1. The molecule has 1 aromatic heterocycles. The van der Waals surface area contributed by atoms with Crippen molar-refractivity contribution in [3.63, 3.8) is 0 Å². The van der Waals surface area contributed by atoms with Gasteiger partial charge in [0.1, 0.15) is 50.6 Å². The average molecular weight is 647 g/mol. The number of halogens is 3. The van der Waals surface area contributed by atoms with Gasteiger partial charge in [-0.1, -0.05) is 12.1 Å². The van der Waals surface area contributed by atoms with E-state index in [0.717, 1.165) is 31.9 Å². The van der Waals surface area contributed by atoms with Crippen LogP contribution in [-0.4, -0.2) is 79.8 Å². The lowest BCUT2D eigenvalue weighted by atomic mass is 10.2. The standard InChI is InChI=1S/C29H35N3O7.3ClH/c1-34-25-10-6-5-9-24(25)32-14-12-31(13-15-32)19-23(39-29(33)21-8-7-11-30-18-21)20-38-22-16-26(35-2)28(37-4)27(17-22)36-3;;;/h5-11,16-18,23H,12-15,19-20H2,1-4H3;3*1H. The number of para-hydroxylation sites is 2. The highest BCUT2D eigenvalue weighted by Crippen LogP contribution is 2.40. The van der Waals surface area contributed by atoms with Crippen LogP contribution >= 0.6 is 0 Å². The minimum atomic E-state index is -0.473.